The highest BCUT2D eigenvalue weighted by Crippen LogP contribution is 2.18. The highest BCUT2D eigenvalue weighted by molar-refractivity contribution is 5.92. The molecule has 3 N–H and O–H groups in total. The summed E-state index contributed by atoms with van der Waals surface area (Å²) in [7, 11) is 0. The molecule has 0 fully saturated rings. The second-order valence-corrected chi connectivity index (χ2v) is 5.32. The third-order valence-electron chi connectivity index (χ3n) is 3.65. The minimum Gasteiger partial charge on any atom is -0.366 e. The average molecular weight is 282 g/mol. The van der Waals surface area contributed by atoms with Gasteiger partial charge in [-0.1, -0.05) is 48.9 Å². The molecule has 1 atom stereocenters. The molecule has 0 heterocycles. The van der Waals surface area contributed by atoms with Crippen molar-refractivity contribution in [2.24, 2.45) is 5.73 Å². The quantitative estimate of drug-likeness (QED) is 0.853. The van der Waals surface area contributed by atoms with Crippen LogP contribution < -0.4 is 11.1 Å². The first kappa shape index (κ1) is 15.3. The molecule has 0 aliphatic heterocycles. The number of primary amides is 1. The minimum atomic E-state index is -0.387. The summed E-state index contributed by atoms with van der Waals surface area (Å²) in [4.78, 5) is 11.2. The second kappa shape index (κ2) is 7.04. The van der Waals surface area contributed by atoms with Crippen LogP contribution in [0.3, 0.4) is 0 Å². The summed E-state index contributed by atoms with van der Waals surface area (Å²) < 4.78 is 0. The Balaban J connectivity index is 2.04. The van der Waals surface area contributed by atoms with Gasteiger partial charge in [-0.25, -0.2) is 0 Å². The van der Waals surface area contributed by atoms with Gasteiger partial charge in [-0.15, -0.1) is 0 Å². The maximum atomic E-state index is 11.2. The van der Waals surface area contributed by atoms with Crippen molar-refractivity contribution in [1.29, 1.82) is 0 Å². The molecule has 2 aromatic carbocycles. The first-order chi connectivity index (χ1) is 10.1. The standard InChI is InChI=1S/C18H22N2O/c1-3-17(15-9-7-13(2)8-10-15)20-12-14-5-4-6-16(11-14)18(19)21/h4-11,17,20H,3,12H2,1-2H3,(H2,19,21). The van der Waals surface area contributed by atoms with E-state index in [9.17, 15) is 4.79 Å². The number of carbonyl (C=O) groups is 1. The van der Waals surface area contributed by atoms with Crippen molar-refractivity contribution in [2.75, 3.05) is 0 Å². The zero-order valence-electron chi connectivity index (χ0n) is 12.6. The van der Waals surface area contributed by atoms with Crippen LogP contribution in [0.15, 0.2) is 48.5 Å². The SMILES string of the molecule is CCC(NCc1cccc(C(N)=O)c1)c1ccc(C)cc1. The van der Waals surface area contributed by atoms with Crippen LogP contribution in [0.25, 0.3) is 0 Å². The van der Waals surface area contributed by atoms with E-state index >= 15 is 0 Å². The summed E-state index contributed by atoms with van der Waals surface area (Å²) in [6.07, 6.45) is 1.01. The average Bonchev–Trinajstić information content (AvgIpc) is 2.50. The number of aryl methyl sites for hydroxylation is 1. The predicted octanol–water partition coefficient (Wildman–Crippen LogP) is 3.33. The van der Waals surface area contributed by atoms with Crippen LogP contribution in [0.5, 0.6) is 0 Å². The lowest BCUT2D eigenvalue weighted by atomic mass is 10.0. The number of carbonyl (C=O) groups excluding carboxylic acids is 1. The molecule has 3 nitrogen and oxygen atoms in total. The fourth-order valence-electron chi connectivity index (χ4n) is 2.37. The number of hydrogen-bond acceptors (Lipinski definition) is 2. The maximum absolute atomic E-state index is 11.2. The van der Waals surface area contributed by atoms with Crippen molar-refractivity contribution in [3.05, 3.63) is 70.8 Å². The Labute approximate surface area is 126 Å². The number of nitrogens with one attached hydrogen (secondary N) is 1. The largest absolute Gasteiger partial charge is 0.366 e. The van der Waals surface area contributed by atoms with Gasteiger partial charge in [0.15, 0.2) is 0 Å². The van der Waals surface area contributed by atoms with Gasteiger partial charge in [0.25, 0.3) is 0 Å². The van der Waals surface area contributed by atoms with E-state index in [0.29, 0.717) is 18.2 Å². The van der Waals surface area contributed by atoms with Gasteiger partial charge in [0.05, 0.1) is 0 Å². The summed E-state index contributed by atoms with van der Waals surface area (Å²) in [5, 5.41) is 3.54. The fraction of sp³-hybridized carbons (Fsp3) is 0.278. The first-order valence-corrected chi connectivity index (χ1v) is 7.29. The Bertz CT molecular complexity index is 605. The number of benzene rings is 2. The third kappa shape index (κ3) is 4.17. The molecule has 1 amide bonds. The predicted molar refractivity (Wildman–Crippen MR) is 86.0 cm³/mol. The maximum Gasteiger partial charge on any atom is 0.248 e. The molecule has 21 heavy (non-hydrogen) atoms. The zero-order valence-corrected chi connectivity index (χ0v) is 12.6. The lowest BCUT2D eigenvalue weighted by molar-refractivity contribution is 0.1000. The molecule has 0 spiro atoms. The topological polar surface area (TPSA) is 55.1 Å². The monoisotopic (exact) mass is 282 g/mol. The fourth-order valence-corrected chi connectivity index (χ4v) is 2.37. The molecular weight excluding hydrogens is 260 g/mol. The van der Waals surface area contributed by atoms with E-state index in [2.05, 4.69) is 43.4 Å². The number of nitrogens with two attached hydrogens (primary N) is 1. The second-order valence-electron chi connectivity index (χ2n) is 5.32. The van der Waals surface area contributed by atoms with Gasteiger partial charge in [-0.2, -0.15) is 0 Å². The number of hydrogen-bond donors (Lipinski definition) is 2. The lowest BCUT2D eigenvalue weighted by Gasteiger charge is -2.18. The Hall–Kier alpha value is -2.13. The van der Waals surface area contributed by atoms with E-state index in [1.54, 1.807) is 6.07 Å². The van der Waals surface area contributed by atoms with Crippen LogP contribution in [-0.2, 0) is 6.54 Å². The van der Waals surface area contributed by atoms with Crippen LogP contribution in [-0.4, -0.2) is 5.91 Å². The van der Waals surface area contributed by atoms with E-state index in [4.69, 9.17) is 5.73 Å². The van der Waals surface area contributed by atoms with Crippen molar-refractivity contribution >= 4 is 5.91 Å². The molecule has 0 bridgehead atoms. The highest BCUT2D eigenvalue weighted by Gasteiger charge is 2.09. The number of amides is 1. The lowest BCUT2D eigenvalue weighted by Crippen LogP contribution is -2.20. The Morgan fingerprint density at radius 3 is 2.52 bits per heavy atom. The molecule has 0 saturated carbocycles. The van der Waals surface area contributed by atoms with Crippen molar-refractivity contribution < 1.29 is 4.79 Å². The summed E-state index contributed by atoms with van der Waals surface area (Å²) in [6.45, 7) is 4.97. The van der Waals surface area contributed by atoms with E-state index < -0.39 is 0 Å². The van der Waals surface area contributed by atoms with Crippen molar-refractivity contribution in [3.63, 3.8) is 0 Å². The third-order valence-corrected chi connectivity index (χ3v) is 3.65. The van der Waals surface area contributed by atoms with Crippen molar-refractivity contribution in [1.82, 2.24) is 5.32 Å². The number of rotatable bonds is 6. The van der Waals surface area contributed by atoms with Crippen LogP contribution in [0.2, 0.25) is 0 Å². The molecule has 0 radical (unpaired) electrons. The zero-order chi connectivity index (χ0) is 15.2. The van der Waals surface area contributed by atoms with Crippen molar-refractivity contribution in [2.45, 2.75) is 32.9 Å². The van der Waals surface area contributed by atoms with Crippen LogP contribution in [0, 0.1) is 6.92 Å². The molecule has 0 aliphatic rings. The van der Waals surface area contributed by atoms with Gasteiger partial charge in [0, 0.05) is 18.2 Å². The molecule has 2 rings (SSSR count). The normalized spacial score (nSPS) is 12.1. The summed E-state index contributed by atoms with van der Waals surface area (Å²) in [6, 6.07) is 16.3. The van der Waals surface area contributed by atoms with Gasteiger partial charge in [0.1, 0.15) is 0 Å². The summed E-state index contributed by atoms with van der Waals surface area (Å²) in [5.74, 6) is -0.387. The van der Waals surface area contributed by atoms with E-state index in [1.165, 1.54) is 11.1 Å². The molecule has 0 aromatic heterocycles. The van der Waals surface area contributed by atoms with Gasteiger partial charge >= 0.3 is 0 Å². The van der Waals surface area contributed by atoms with E-state index in [0.717, 1.165) is 12.0 Å². The van der Waals surface area contributed by atoms with Crippen LogP contribution >= 0.6 is 0 Å². The summed E-state index contributed by atoms with van der Waals surface area (Å²) >= 11 is 0. The highest BCUT2D eigenvalue weighted by atomic mass is 16.1. The molecular formula is C18H22N2O. The smallest absolute Gasteiger partial charge is 0.248 e. The minimum absolute atomic E-state index is 0.308. The van der Waals surface area contributed by atoms with Crippen LogP contribution in [0.1, 0.15) is 46.4 Å². The van der Waals surface area contributed by atoms with Crippen LogP contribution in [0.4, 0.5) is 0 Å². The van der Waals surface area contributed by atoms with Gasteiger partial charge in [-0.3, -0.25) is 4.79 Å². The summed E-state index contributed by atoms with van der Waals surface area (Å²) in [5.41, 5.74) is 9.48. The van der Waals surface area contributed by atoms with E-state index in [-0.39, 0.29) is 5.91 Å². The molecule has 0 aliphatic carbocycles. The van der Waals surface area contributed by atoms with Gasteiger partial charge < -0.3 is 11.1 Å². The molecule has 0 saturated heterocycles. The Morgan fingerprint density at radius 2 is 1.90 bits per heavy atom. The van der Waals surface area contributed by atoms with Gasteiger partial charge in [-0.05, 0) is 36.6 Å². The van der Waals surface area contributed by atoms with Crippen molar-refractivity contribution in [3.8, 4) is 0 Å². The molecule has 1 unspecified atom stereocenters. The first-order valence-electron chi connectivity index (χ1n) is 7.29. The molecule has 110 valence electrons. The van der Waals surface area contributed by atoms with E-state index in [1.807, 2.05) is 18.2 Å². The van der Waals surface area contributed by atoms with Gasteiger partial charge in [0.2, 0.25) is 5.91 Å². The Morgan fingerprint density at radius 1 is 1.19 bits per heavy atom. The molecule has 3 heteroatoms. The Kier molecular flexibility index (Phi) is 5.12. The molecule has 2 aromatic rings.